The van der Waals surface area contributed by atoms with Crippen LogP contribution in [0.3, 0.4) is 0 Å². The fourth-order valence-electron chi connectivity index (χ4n) is 1.68. The molecule has 0 radical (unpaired) electrons. The minimum absolute atomic E-state index is 0.0373. The Labute approximate surface area is 122 Å². The van der Waals surface area contributed by atoms with Crippen molar-refractivity contribution < 1.29 is 13.5 Å². The van der Waals surface area contributed by atoms with Crippen LogP contribution < -0.4 is 10.5 Å². The second-order valence-electron chi connectivity index (χ2n) is 4.76. The number of aliphatic hydroxyl groups is 1. The van der Waals surface area contributed by atoms with Crippen LogP contribution in [-0.2, 0) is 10.0 Å². The molecule has 1 rings (SSSR count). The van der Waals surface area contributed by atoms with E-state index < -0.39 is 15.6 Å². The van der Waals surface area contributed by atoms with Crippen molar-refractivity contribution in [3.05, 3.63) is 22.7 Å². The van der Waals surface area contributed by atoms with Crippen LogP contribution in [0.5, 0.6) is 0 Å². The van der Waals surface area contributed by atoms with Gasteiger partial charge in [0, 0.05) is 16.7 Å². The Morgan fingerprint density at radius 1 is 1.47 bits per heavy atom. The molecule has 0 bridgehead atoms. The largest absolute Gasteiger partial charge is 0.399 e. The topological polar surface area (TPSA) is 92.4 Å². The van der Waals surface area contributed by atoms with Crippen LogP contribution in [-0.4, -0.2) is 25.7 Å². The molecule has 0 saturated carbocycles. The first-order chi connectivity index (χ1) is 8.68. The Morgan fingerprint density at radius 3 is 2.68 bits per heavy atom. The van der Waals surface area contributed by atoms with Gasteiger partial charge in [-0.15, -0.1) is 0 Å². The fraction of sp³-hybridized carbons (Fsp3) is 0.500. The monoisotopic (exact) mass is 350 g/mol. The van der Waals surface area contributed by atoms with E-state index in [1.54, 1.807) is 19.1 Å². The van der Waals surface area contributed by atoms with Crippen LogP contribution in [0.2, 0.25) is 0 Å². The van der Waals surface area contributed by atoms with Crippen LogP contribution in [0.15, 0.2) is 27.6 Å². The third kappa shape index (κ3) is 4.76. The Hall–Kier alpha value is -0.630. The van der Waals surface area contributed by atoms with Crippen LogP contribution in [0, 0.1) is 0 Å². The van der Waals surface area contributed by atoms with E-state index in [1.807, 2.05) is 6.92 Å². The van der Waals surface area contributed by atoms with Crippen molar-refractivity contribution in [2.45, 2.75) is 37.2 Å². The zero-order chi connectivity index (χ0) is 14.7. The van der Waals surface area contributed by atoms with Gasteiger partial charge in [-0.25, -0.2) is 13.1 Å². The molecule has 0 spiro atoms. The number of nitrogen functional groups attached to an aromatic ring is 1. The summed E-state index contributed by atoms with van der Waals surface area (Å²) in [7, 11) is -3.70. The molecule has 7 heteroatoms. The van der Waals surface area contributed by atoms with Gasteiger partial charge in [0.1, 0.15) is 0 Å². The summed E-state index contributed by atoms with van der Waals surface area (Å²) in [4.78, 5) is 0.0693. The Bertz CT molecular complexity index is 544. The maximum Gasteiger partial charge on any atom is 0.241 e. The van der Waals surface area contributed by atoms with Gasteiger partial charge in [0.05, 0.1) is 10.5 Å². The highest BCUT2D eigenvalue weighted by molar-refractivity contribution is 9.10. The van der Waals surface area contributed by atoms with Crippen molar-refractivity contribution in [3.63, 3.8) is 0 Å². The lowest BCUT2D eigenvalue weighted by molar-refractivity contribution is 0.0554. The number of hydrogen-bond acceptors (Lipinski definition) is 4. The summed E-state index contributed by atoms with van der Waals surface area (Å²) >= 11 is 3.18. The molecule has 0 aromatic heterocycles. The van der Waals surface area contributed by atoms with Gasteiger partial charge in [-0.1, -0.05) is 13.3 Å². The molecule has 1 aromatic rings. The van der Waals surface area contributed by atoms with Gasteiger partial charge in [-0.2, -0.15) is 0 Å². The highest BCUT2D eigenvalue weighted by Gasteiger charge is 2.24. The number of rotatable bonds is 6. The number of halogens is 1. The molecule has 4 N–H and O–H groups in total. The predicted molar refractivity (Wildman–Crippen MR) is 79.3 cm³/mol. The molecule has 5 nitrogen and oxygen atoms in total. The number of sulfonamides is 1. The SMILES string of the molecule is CCCC(C)(O)CNS(=O)(=O)c1cc(N)ccc1Br. The molecule has 19 heavy (non-hydrogen) atoms. The van der Waals surface area contributed by atoms with Gasteiger partial charge in [0.2, 0.25) is 10.0 Å². The molecule has 108 valence electrons. The summed E-state index contributed by atoms with van der Waals surface area (Å²) < 4.78 is 27.1. The summed E-state index contributed by atoms with van der Waals surface area (Å²) in [5, 5.41) is 9.99. The second-order valence-corrected chi connectivity index (χ2v) is 7.35. The highest BCUT2D eigenvalue weighted by atomic mass is 79.9. The maximum absolute atomic E-state index is 12.1. The summed E-state index contributed by atoms with van der Waals surface area (Å²) in [5.74, 6) is 0. The lowest BCUT2D eigenvalue weighted by Gasteiger charge is -2.23. The van der Waals surface area contributed by atoms with Gasteiger partial charge >= 0.3 is 0 Å². The average Bonchev–Trinajstić information content (AvgIpc) is 2.30. The molecule has 0 amide bonds. The van der Waals surface area contributed by atoms with Crippen molar-refractivity contribution >= 4 is 31.6 Å². The van der Waals surface area contributed by atoms with E-state index in [-0.39, 0.29) is 11.4 Å². The highest BCUT2D eigenvalue weighted by Crippen LogP contribution is 2.24. The number of nitrogens with two attached hydrogens (primary N) is 1. The van der Waals surface area contributed by atoms with Crippen LogP contribution >= 0.6 is 15.9 Å². The number of hydrogen-bond donors (Lipinski definition) is 3. The minimum atomic E-state index is -3.70. The second kappa shape index (κ2) is 6.21. The molecule has 0 aliphatic carbocycles. The van der Waals surface area contributed by atoms with Gasteiger partial charge < -0.3 is 10.8 Å². The molecular formula is C12H19BrN2O3S. The van der Waals surface area contributed by atoms with Crippen molar-refractivity contribution in [1.29, 1.82) is 0 Å². The molecule has 0 aliphatic heterocycles. The zero-order valence-electron chi connectivity index (χ0n) is 11.0. The Balaban J connectivity index is 2.90. The molecule has 0 heterocycles. The average molecular weight is 351 g/mol. The van der Waals surface area contributed by atoms with Crippen LogP contribution in [0.25, 0.3) is 0 Å². The van der Waals surface area contributed by atoms with Gasteiger partial charge in [-0.3, -0.25) is 0 Å². The quantitative estimate of drug-likeness (QED) is 0.682. The Kier molecular flexibility index (Phi) is 5.37. The van der Waals surface area contributed by atoms with E-state index in [4.69, 9.17) is 5.73 Å². The van der Waals surface area contributed by atoms with E-state index in [0.717, 1.165) is 6.42 Å². The Morgan fingerprint density at radius 2 is 2.11 bits per heavy atom. The van der Waals surface area contributed by atoms with Crippen molar-refractivity contribution in [3.8, 4) is 0 Å². The van der Waals surface area contributed by atoms with Gasteiger partial charge in [-0.05, 0) is 47.5 Å². The van der Waals surface area contributed by atoms with E-state index >= 15 is 0 Å². The number of benzene rings is 1. The lowest BCUT2D eigenvalue weighted by Crippen LogP contribution is -2.40. The van der Waals surface area contributed by atoms with Crippen molar-refractivity contribution in [2.24, 2.45) is 0 Å². The summed E-state index contributed by atoms with van der Waals surface area (Å²) in [6.07, 6.45) is 1.30. The molecule has 0 aliphatic rings. The third-order valence-electron chi connectivity index (χ3n) is 2.68. The molecular weight excluding hydrogens is 332 g/mol. The van der Waals surface area contributed by atoms with E-state index in [1.165, 1.54) is 6.07 Å². The smallest absolute Gasteiger partial charge is 0.241 e. The molecule has 0 fully saturated rings. The van der Waals surface area contributed by atoms with Crippen LogP contribution in [0.1, 0.15) is 26.7 Å². The molecule has 0 saturated heterocycles. The first-order valence-electron chi connectivity index (χ1n) is 5.95. The first kappa shape index (κ1) is 16.4. The summed E-state index contributed by atoms with van der Waals surface area (Å²) in [6.45, 7) is 3.50. The lowest BCUT2D eigenvalue weighted by atomic mass is 10.0. The van der Waals surface area contributed by atoms with Crippen LogP contribution in [0.4, 0.5) is 5.69 Å². The minimum Gasteiger partial charge on any atom is -0.399 e. The van der Waals surface area contributed by atoms with E-state index in [0.29, 0.717) is 16.6 Å². The zero-order valence-corrected chi connectivity index (χ0v) is 13.4. The standard InChI is InChI=1S/C12H19BrN2O3S/c1-3-6-12(2,16)8-15-19(17,18)11-7-9(14)4-5-10(11)13/h4-5,7,15-16H,3,6,8,14H2,1-2H3. The number of nitrogens with one attached hydrogen (secondary N) is 1. The summed E-state index contributed by atoms with van der Waals surface area (Å²) in [6, 6.07) is 4.56. The molecule has 1 unspecified atom stereocenters. The van der Waals surface area contributed by atoms with E-state index in [9.17, 15) is 13.5 Å². The van der Waals surface area contributed by atoms with Gasteiger partial charge in [0.15, 0.2) is 0 Å². The predicted octanol–water partition coefficient (Wildman–Crippen LogP) is 1.86. The summed E-state index contributed by atoms with van der Waals surface area (Å²) in [5.41, 5.74) is 4.90. The normalized spacial score (nSPS) is 15.2. The first-order valence-corrected chi connectivity index (χ1v) is 8.22. The number of anilines is 1. The fourth-order valence-corrected chi connectivity index (χ4v) is 3.84. The van der Waals surface area contributed by atoms with E-state index in [2.05, 4.69) is 20.7 Å². The maximum atomic E-state index is 12.1. The van der Waals surface area contributed by atoms with Crippen molar-refractivity contribution in [2.75, 3.05) is 12.3 Å². The molecule has 1 aromatic carbocycles. The van der Waals surface area contributed by atoms with Crippen molar-refractivity contribution in [1.82, 2.24) is 4.72 Å². The van der Waals surface area contributed by atoms with Gasteiger partial charge in [0.25, 0.3) is 0 Å². The third-order valence-corrected chi connectivity index (χ3v) is 5.07. The molecule has 1 atom stereocenters.